The topological polar surface area (TPSA) is 182 Å². The molecule has 0 fully saturated rings. The summed E-state index contributed by atoms with van der Waals surface area (Å²) in [6.45, 7) is 2.22. The number of urea groups is 1. The van der Waals surface area contributed by atoms with Gasteiger partial charge in [-0.1, -0.05) is 0 Å². The van der Waals surface area contributed by atoms with Gasteiger partial charge in [-0.15, -0.1) is 0 Å². The molecule has 178 valence electrons. The maximum absolute atomic E-state index is 11.7. The maximum atomic E-state index is 11.7. The monoisotopic (exact) mass is 666 g/mol. The van der Waals surface area contributed by atoms with Crippen LogP contribution in [0.15, 0.2) is 29.2 Å². The molecule has 0 spiro atoms. The fourth-order valence-corrected chi connectivity index (χ4v) is 3.48. The first-order chi connectivity index (χ1) is 15.1. The van der Waals surface area contributed by atoms with Crippen LogP contribution in [0, 0.1) is 23.3 Å². The maximum Gasteiger partial charge on any atom is 0.326 e. The van der Waals surface area contributed by atoms with E-state index in [1.54, 1.807) is 31.8 Å². The van der Waals surface area contributed by atoms with Gasteiger partial charge in [0, 0.05) is 6.42 Å². The van der Waals surface area contributed by atoms with Gasteiger partial charge in [0.15, 0.2) is 0 Å². The van der Waals surface area contributed by atoms with E-state index in [4.69, 9.17) is 15.3 Å². The van der Waals surface area contributed by atoms with Crippen LogP contribution in [0.4, 0.5) is 4.79 Å². The van der Waals surface area contributed by atoms with Crippen molar-refractivity contribution in [3.63, 3.8) is 0 Å². The molecule has 11 nitrogen and oxygen atoms in total. The molecule has 0 aliphatic rings. The van der Waals surface area contributed by atoms with Gasteiger partial charge in [0.1, 0.15) is 12.6 Å². The zero-order valence-electron chi connectivity index (χ0n) is 17.3. The molecule has 32 heavy (non-hydrogen) atoms. The summed E-state index contributed by atoms with van der Waals surface area (Å²) in [4.78, 5) is 54.8. The first kappa shape index (κ1) is 29.6. The number of rotatable bonds is 12. The number of carboxylic acid groups (broad SMARTS) is 3. The first-order valence-corrected chi connectivity index (χ1v) is 13.8. The van der Waals surface area contributed by atoms with Crippen molar-refractivity contribution in [2.24, 2.45) is 0 Å². The minimum atomic E-state index is -1.39. The Morgan fingerprint density at radius 1 is 1.06 bits per heavy atom. The summed E-state index contributed by atoms with van der Waals surface area (Å²) >= 11 is 1.63. The summed E-state index contributed by atoms with van der Waals surface area (Å²) in [7, 11) is 1.70. The first-order valence-electron chi connectivity index (χ1n) is 9.48. The van der Waals surface area contributed by atoms with E-state index in [0.29, 0.717) is 0 Å². The Bertz CT molecular complexity index is 794. The van der Waals surface area contributed by atoms with Gasteiger partial charge in [0.25, 0.3) is 0 Å². The van der Waals surface area contributed by atoms with Crippen LogP contribution >= 0.6 is 8.52 Å². The average Bonchev–Trinajstić information content (AvgIpc) is 2.75. The van der Waals surface area contributed by atoms with E-state index in [0.717, 1.165) is 29.8 Å². The van der Waals surface area contributed by atoms with Gasteiger partial charge in [0.2, 0.25) is 0 Å². The van der Waals surface area contributed by atoms with Gasteiger partial charge < -0.3 is 26.0 Å². The van der Waals surface area contributed by atoms with Crippen molar-refractivity contribution in [1.82, 2.24) is 16.0 Å². The smallest absolute Gasteiger partial charge is 0.326 e. The fourth-order valence-electron chi connectivity index (χ4n) is 2.06. The van der Waals surface area contributed by atoms with Crippen LogP contribution in [-0.2, 0) is 14.4 Å². The molecule has 1 rings (SSSR count). The Balaban J connectivity index is 0.000000604. The van der Waals surface area contributed by atoms with E-state index in [2.05, 4.69) is 12.2 Å². The van der Waals surface area contributed by atoms with E-state index in [1.165, 1.54) is 0 Å². The molecular weight excluding hydrogens is 640 g/mol. The Kier molecular flexibility index (Phi) is 15.9. The summed E-state index contributed by atoms with van der Waals surface area (Å²) in [6, 6.07) is 5.38. The van der Waals surface area contributed by atoms with Crippen LogP contribution in [0.3, 0.4) is 0 Å². The molecule has 0 aromatic heterocycles. The van der Waals surface area contributed by atoms with Crippen LogP contribution in [0.25, 0.3) is 0 Å². The fraction of sp³-hybridized carbons (Fsp3) is 0.421. The van der Waals surface area contributed by atoms with E-state index in [-0.39, 0.29) is 12.3 Å². The van der Waals surface area contributed by atoms with Crippen molar-refractivity contribution in [2.45, 2.75) is 43.5 Å². The predicted molar refractivity (Wildman–Crippen MR) is 112 cm³/mol. The molecule has 0 aliphatic heterocycles. The van der Waals surface area contributed by atoms with Crippen LogP contribution in [0.5, 0.6) is 0 Å². The molecule has 13 heteroatoms. The Morgan fingerprint density at radius 2 is 1.75 bits per heavy atom. The van der Waals surface area contributed by atoms with Crippen molar-refractivity contribution in [3.05, 3.63) is 29.8 Å². The minimum Gasteiger partial charge on any atom is -0.481 e. The van der Waals surface area contributed by atoms with Gasteiger partial charge in [-0.25, -0.2) is 9.59 Å². The number of aliphatic carboxylic acids is 3. The van der Waals surface area contributed by atoms with E-state index < -0.39 is 42.9 Å². The van der Waals surface area contributed by atoms with Crippen molar-refractivity contribution < 1.29 is 62.5 Å². The van der Waals surface area contributed by atoms with Gasteiger partial charge in [-0.2, -0.15) is 0 Å². The van der Waals surface area contributed by atoms with Crippen LogP contribution in [0.1, 0.15) is 43.0 Å². The number of nitrogens with one attached hydrogen (secondary N) is 3. The molecule has 3 amide bonds. The molecule has 1 aromatic rings. The quantitative estimate of drug-likeness (QED) is 0.180. The number of hydrogen-bond acceptors (Lipinski definition) is 6. The Hall–Kier alpha value is -2.40. The molecule has 6 N–H and O–H groups in total. The predicted octanol–water partition coefficient (Wildman–Crippen LogP) is 1.46. The molecule has 1 aromatic carbocycles. The number of benzene rings is 1. The second kappa shape index (κ2) is 17.2. The third-order valence-corrected chi connectivity index (χ3v) is 6.16. The molecule has 0 bridgehead atoms. The number of amides is 3. The average molecular weight is 666 g/mol. The van der Waals surface area contributed by atoms with E-state index in [1.807, 2.05) is 34.9 Å². The molecule has 0 aliphatic carbocycles. The Morgan fingerprint density at radius 3 is 2.28 bits per heavy atom. The largest absolute Gasteiger partial charge is 0.481 e. The summed E-state index contributed by atoms with van der Waals surface area (Å²) in [6.07, 6.45) is 1.44. The molecular formula is C19H26AtN3O8S. The Labute approximate surface area is 202 Å². The third-order valence-electron chi connectivity index (χ3n) is 3.65. The summed E-state index contributed by atoms with van der Waals surface area (Å²) in [5.74, 6) is -3.83. The number of carboxylic acids is 3. The van der Waals surface area contributed by atoms with E-state index in [9.17, 15) is 24.0 Å². The molecule has 0 saturated carbocycles. The molecule has 0 heterocycles. The van der Waals surface area contributed by atoms with Gasteiger partial charge >= 0.3 is 133 Å². The van der Waals surface area contributed by atoms with Crippen molar-refractivity contribution in [1.29, 1.82) is 0 Å². The number of hydrogen-bond donors (Lipinski definition) is 6. The molecule has 0 saturated heterocycles. The number of carbonyl (C=O) groups excluding carboxylic acids is 2. The van der Waals surface area contributed by atoms with Gasteiger partial charge in [0.05, 0.1) is 0 Å². The van der Waals surface area contributed by atoms with Crippen LogP contribution in [0.2, 0.25) is 0 Å². The SMILES string of the molecule is CCCCNC(=O)c1cccc(S[At])c1.O=C(O)CCC(NC(=O)NCC(=O)O)C(=O)O. The second-order valence-corrected chi connectivity index (χ2v) is 8.68. The van der Waals surface area contributed by atoms with Crippen molar-refractivity contribution in [2.75, 3.05) is 13.1 Å². The molecule has 1 unspecified atom stereocenters. The summed E-state index contributed by atoms with van der Waals surface area (Å²) < 4.78 is 0. The summed E-state index contributed by atoms with van der Waals surface area (Å²) in [5, 5.41) is 32.0. The third kappa shape index (κ3) is 14.6. The zero-order valence-corrected chi connectivity index (χ0v) is 21.1. The zero-order chi connectivity index (χ0) is 24.5. The normalized spacial score (nSPS) is 10.7. The van der Waals surface area contributed by atoms with Crippen LogP contribution in [-0.4, -0.2) is 64.3 Å². The van der Waals surface area contributed by atoms with Gasteiger partial charge in [-0.3, -0.25) is 9.59 Å². The number of unbranched alkanes of at least 4 members (excludes halogenated alkanes) is 1. The molecule has 1 atom stereocenters. The summed E-state index contributed by atoms with van der Waals surface area (Å²) in [5.41, 5.74) is 0.757. The minimum absolute atomic E-state index is 0.0333. The number of carbonyl (C=O) groups is 5. The standard InChI is InChI=1S/C11H14AtNOS.C8H12N2O7/c1-2-3-7-13-11(14)9-5-4-6-10(8-9)15-12;11-5(12)2-1-4(7(15)16)10-8(17)9-3-6(13)14/h4-6,8H,2-3,7H2,1H3,(H,13,14);4H,1-3H2,(H,11,12)(H,13,14)(H,15,16)(H2,9,10,17). The second-order valence-electron chi connectivity index (χ2n) is 6.26. The van der Waals surface area contributed by atoms with E-state index >= 15 is 0 Å². The molecule has 0 radical (unpaired) electrons. The van der Waals surface area contributed by atoms with Crippen molar-refractivity contribution >= 4 is 38.4 Å². The van der Waals surface area contributed by atoms with Crippen LogP contribution < -0.4 is 16.0 Å². The van der Waals surface area contributed by atoms with Crippen molar-refractivity contribution in [3.8, 4) is 0 Å². The van der Waals surface area contributed by atoms with Gasteiger partial charge in [-0.05, 0) is 6.42 Å².